The fourth-order valence-electron chi connectivity index (χ4n) is 1.93. The van der Waals surface area contributed by atoms with Gasteiger partial charge < -0.3 is 15.5 Å². The third-order valence-electron chi connectivity index (χ3n) is 2.75. The van der Waals surface area contributed by atoms with E-state index in [1.165, 1.54) is 4.90 Å². The van der Waals surface area contributed by atoms with Crippen LogP contribution < -0.4 is 15.4 Å². The Labute approximate surface area is 119 Å². The molecule has 20 heavy (non-hydrogen) atoms. The average Bonchev–Trinajstić information content (AvgIpc) is 2.33. The number of carbonyl (C=O) groups is 2. The molecule has 0 aliphatic carbocycles. The lowest BCUT2D eigenvalue weighted by molar-refractivity contribution is -0.146. The Kier molecular flexibility index (Phi) is 5.49. The van der Waals surface area contributed by atoms with Crippen LogP contribution in [0.4, 0.5) is 0 Å². The second kappa shape index (κ2) is 6.51. The van der Waals surface area contributed by atoms with Gasteiger partial charge in [-0.05, 0) is 13.8 Å². The maximum Gasteiger partial charge on any atom is 0.311 e. The predicted octanol–water partition coefficient (Wildman–Crippen LogP) is -2.14. The summed E-state index contributed by atoms with van der Waals surface area (Å²) in [5, 5.41) is 5.55. The summed E-state index contributed by atoms with van der Waals surface area (Å²) in [6.07, 6.45) is 1.04. The van der Waals surface area contributed by atoms with Gasteiger partial charge in [-0.25, -0.2) is 13.1 Å². The van der Waals surface area contributed by atoms with E-state index >= 15 is 0 Å². The van der Waals surface area contributed by atoms with E-state index in [0.29, 0.717) is 26.2 Å². The van der Waals surface area contributed by atoms with Gasteiger partial charge in [-0.2, -0.15) is 0 Å². The van der Waals surface area contributed by atoms with Crippen LogP contribution in [0.5, 0.6) is 0 Å². The molecule has 0 atom stereocenters. The molecule has 116 valence electrons. The number of carbonyl (C=O) groups excluding carboxylic acids is 2. The van der Waals surface area contributed by atoms with Gasteiger partial charge in [0, 0.05) is 38.3 Å². The molecule has 0 unspecified atom stereocenters. The average molecular weight is 306 g/mol. The Morgan fingerprint density at radius 3 is 2.30 bits per heavy atom. The van der Waals surface area contributed by atoms with Gasteiger partial charge in [-0.15, -0.1) is 0 Å². The van der Waals surface area contributed by atoms with Crippen molar-refractivity contribution in [2.45, 2.75) is 19.4 Å². The fourth-order valence-corrected chi connectivity index (χ4v) is 3.00. The van der Waals surface area contributed by atoms with Crippen LogP contribution in [-0.4, -0.2) is 69.7 Å². The Morgan fingerprint density at radius 2 is 1.80 bits per heavy atom. The van der Waals surface area contributed by atoms with Crippen LogP contribution >= 0.6 is 0 Å². The van der Waals surface area contributed by atoms with E-state index in [-0.39, 0.29) is 6.54 Å². The molecule has 9 heteroatoms. The summed E-state index contributed by atoms with van der Waals surface area (Å²) >= 11 is 0. The lowest BCUT2D eigenvalue weighted by Crippen LogP contribution is -2.55. The van der Waals surface area contributed by atoms with Crippen LogP contribution in [0.2, 0.25) is 0 Å². The number of nitrogens with one attached hydrogen (secondary N) is 3. The summed E-state index contributed by atoms with van der Waals surface area (Å²) in [5.41, 5.74) is -0.854. The van der Waals surface area contributed by atoms with Crippen molar-refractivity contribution in [1.82, 2.24) is 20.3 Å². The summed E-state index contributed by atoms with van der Waals surface area (Å²) in [5.74, 6) is -1.29. The zero-order valence-corrected chi connectivity index (χ0v) is 12.8. The minimum atomic E-state index is -3.38. The monoisotopic (exact) mass is 306 g/mol. The highest BCUT2D eigenvalue weighted by Gasteiger charge is 2.27. The first-order chi connectivity index (χ1) is 9.11. The van der Waals surface area contributed by atoms with E-state index in [1.807, 2.05) is 0 Å². The molecule has 1 fully saturated rings. The number of sulfonamides is 1. The molecular weight excluding hydrogens is 284 g/mol. The topological polar surface area (TPSA) is 108 Å². The Bertz CT molecular complexity index is 469. The number of rotatable bonds is 4. The van der Waals surface area contributed by atoms with Gasteiger partial charge in [-0.1, -0.05) is 0 Å². The van der Waals surface area contributed by atoms with Crippen molar-refractivity contribution in [1.29, 1.82) is 0 Å². The van der Waals surface area contributed by atoms with E-state index < -0.39 is 27.4 Å². The van der Waals surface area contributed by atoms with Gasteiger partial charge in [0.1, 0.15) is 0 Å². The van der Waals surface area contributed by atoms with Crippen LogP contribution in [0, 0.1) is 0 Å². The van der Waals surface area contributed by atoms with Crippen molar-refractivity contribution in [2.24, 2.45) is 0 Å². The van der Waals surface area contributed by atoms with E-state index in [4.69, 9.17) is 0 Å². The molecule has 0 bridgehead atoms. The number of piperazine rings is 1. The molecule has 0 spiro atoms. The highest BCUT2D eigenvalue weighted by molar-refractivity contribution is 7.88. The second-order valence-corrected chi connectivity index (χ2v) is 7.23. The van der Waals surface area contributed by atoms with Crippen LogP contribution in [0.25, 0.3) is 0 Å². The number of hydrogen-bond acceptors (Lipinski definition) is 5. The molecular formula is C11H22N4O4S. The van der Waals surface area contributed by atoms with E-state index in [1.54, 1.807) is 13.8 Å². The Balaban J connectivity index is 2.47. The first-order valence-corrected chi connectivity index (χ1v) is 8.27. The van der Waals surface area contributed by atoms with Crippen molar-refractivity contribution in [2.75, 3.05) is 39.0 Å². The molecule has 1 rings (SSSR count). The van der Waals surface area contributed by atoms with Gasteiger partial charge in [0.25, 0.3) is 0 Å². The molecule has 0 aromatic rings. The zero-order valence-electron chi connectivity index (χ0n) is 12.0. The molecule has 0 saturated carbocycles. The highest BCUT2D eigenvalue weighted by Crippen LogP contribution is 2.02. The van der Waals surface area contributed by atoms with Crippen LogP contribution in [-0.2, 0) is 19.6 Å². The maximum atomic E-state index is 11.8. The second-order valence-electron chi connectivity index (χ2n) is 5.48. The quantitative estimate of drug-likeness (QED) is 0.514. The van der Waals surface area contributed by atoms with Crippen molar-refractivity contribution in [3.05, 3.63) is 0 Å². The van der Waals surface area contributed by atoms with Crippen LogP contribution in [0.3, 0.4) is 0 Å². The summed E-state index contributed by atoms with van der Waals surface area (Å²) in [7, 11) is -3.38. The molecule has 0 aromatic carbocycles. The summed E-state index contributed by atoms with van der Waals surface area (Å²) in [6, 6.07) is 0. The largest absolute Gasteiger partial charge is 0.346 e. The SMILES string of the molecule is CC(C)(CNC(=O)C(=O)N1CCNCC1)NS(C)(=O)=O. The van der Waals surface area contributed by atoms with Gasteiger partial charge in [0.05, 0.1) is 6.26 Å². The van der Waals surface area contributed by atoms with Gasteiger partial charge >= 0.3 is 11.8 Å². The van der Waals surface area contributed by atoms with Crippen LogP contribution in [0.15, 0.2) is 0 Å². The van der Waals surface area contributed by atoms with Gasteiger partial charge in [0.2, 0.25) is 10.0 Å². The van der Waals surface area contributed by atoms with Gasteiger partial charge in [-0.3, -0.25) is 9.59 Å². The lowest BCUT2D eigenvalue weighted by atomic mass is 10.1. The van der Waals surface area contributed by atoms with Crippen molar-refractivity contribution in [3.8, 4) is 0 Å². The summed E-state index contributed by atoms with van der Waals surface area (Å²) in [6.45, 7) is 5.62. The number of nitrogens with zero attached hydrogens (tertiary/aromatic N) is 1. The predicted molar refractivity (Wildman–Crippen MR) is 74.5 cm³/mol. The molecule has 0 radical (unpaired) electrons. The first kappa shape index (κ1) is 16.9. The number of hydrogen-bond donors (Lipinski definition) is 3. The first-order valence-electron chi connectivity index (χ1n) is 6.37. The van der Waals surface area contributed by atoms with E-state index in [9.17, 15) is 18.0 Å². The molecule has 0 aromatic heterocycles. The zero-order chi connectivity index (χ0) is 15.4. The highest BCUT2D eigenvalue weighted by atomic mass is 32.2. The molecule has 1 aliphatic heterocycles. The Morgan fingerprint density at radius 1 is 1.25 bits per heavy atom. The van der Waals surface area contributed by atoms with Crippen LogP contribution in [0.1, 0.15) is 13.8 Å². The maximum absolute atomic E-state index is 11.8. The minimum Gasteiger partial charge on any atom is -0.346 e. The Hall–Kier alpha value is -1.19. The normalized spacial score (nSPS) is 16.9. The smallest absolute Gasteiger partial charge is 0.311 e. The molecule has 1 heterocycles. The summed E-state index contributed by atoms with van der Waals surface area (Å²) < 4.78 is 24.7. The third kappa shape index (κ3) is 5.85. The summed E-state index contributed by atoms with van der Waals surface area (Å²) in [4.78, 5) is 25.1. The molecule has 8 nitrogen and oxygen atoms in total. The van der Waals surface area contributed by atoms with Crippen molar-refractivity contribution >= 4 is 21.8 Å². The lowest BCUT2D eigenvalue weighted by Gasteiger charge is -2.28. The van der Waals surface area contributed by atoms with E-state index in [0.717, 1.165) is 6.26 Å². The minimum absolute atomic E-state index is 0.0384. The number of amides is 2. The third-order valence-corrected chi connectivity index (χ3v) is 3.67. The molecule has 3 N–H and O–H groups in total. The molecule has 1 aliphatic rings. The van der Waals surface area contributed by atoms with Crippen molar-refractivity contribution in [3.63, 3.8) is 0 Å². The fraction of sp³-hybridized carbons (Fsp3) is 0.818. The molecule has 2 amide bonds. The molecule has 1 saturated heterocycles. The van der Waals surface area contributed by atoms with E-state index in [2.05, 4.69) is 15.4 Å². The van der Waals surface area contributed by atoms with Gasteiger partial charge in [0.15, 0.2) is 0 Å². The van der Waals surface area contributed by atoms with Crippen molar-refractivity contribution < 1.29 is 18.0 Å². The standard InChI is InChI=1S/C11H22N4O4S/c1-11(2,14-20(3,18)19)8-13-9(16)10(17)15-6-4-12-5-7-15/h12,14H,4-8H2,1-3H3,(H,13,16).